The smallest absolute Gasteiger partial charge is 0.332 e. The minimum atomic E-state index is -0.681. The largest absolute Gasteiger partial charge is 0.333 e. The first-order chi connectivity index (χ1) is 11.6. The maximum absolute atomic E-state index is 12.2. The standard InChI is InChI=1S/C16H21N3O5/c20-13(18-11-2-1-9-17-10-4-12-18)5-3-6-16(23)24-19-14(21)7-8-15(19)22/h17H,3-12H2. The van der Waals surface area contributed by atoms with Crippen LogP contribution in [-0.2, 0) is 24.0 Å². The van der Waals surface area contributed by atoms with E-state index in [2.05, 4.69) is 17.2 Å². The molecular weight excluding hydrogens is 314 g/mol. The fourth-order valence-corrected chi connectivity index (χ4v) is 2.40. The van der Waals surface area contributed by atoms with Crippen LogP contribution in [0.4, 0.5) is 0 Å². The van der Waals surface area contributed by atoms with Crippen LogP contribution in [0.1, 0.15) is 38.5 Å². The number of amides is 3. The van der Waals surface area contributed by atoms with Gasteiger partial charge < -0.3 is 15.1 Å². The fraction of sp³-hybridized carbons (Fsp3) is 0.625. The molecule has 8 heteroatoms. The molecule has 0 radical (unpaired) electrons. The maximum atomic E-state index is 12.2. The highest BCUT2D eigenvalue weighted by Crippen LogP contribution is 2.13. The quantitative estimate of drug-likeness (QED) is 0.542. The van der Waals surface area contributed by atoms with Crippen LogP contribution in [0, 0.1) is 11.8 Å². The average molecular weight is 335 g/mol. The van der Waals surface area contributed by atoms with Gasteiger partial charge in [0.15, 0.2) is 0 Å². The van der Waals surface area contributed by atoms with Gasteiger partial charge >= 0.3 is 5.97 Å². The summed E-state index contributed by atoms with van der Waals surface area (Å²) in [6.07, 6.45) is 1.45. The summed E-state index contributed by atoms with van der Waals surface area (Å²) >= 11 is 0. The van der Waals surface area contributed by atoms with E-state index in [0.29, 0.717) is 31.1 Å². The molecule has 0 atom stereocenters. The van der Waals surface area contributed by atoms with E-state index in [1.807, 2.05) is 0 Å². The zero-order valence-electron chi connectivity index (χ0n) is 13.5. The summed E-state index contributed by atoms with van der Waals surface area (Å²) in [5, 5.41) is 3.68. The second-order valence-corrected chi connectivity index (χ2v) is 5.60. The van der Waals surface area contributed by atoms with Crippen LogP contribution >= 0.6 is 0 Å². The zero-order chi connectivity index (χ0) is 17.4. The van der Waals surface area contributed by atoms with E-state index in [1.165, 1.54) is 0 Å². The second-order valence-electron chi connectivity index (χ2n) is 5.60. The summed E-state index contributed by atoms with van der Waals surface area (Å²) in [5.74, 6) is 4.12. The first-order valence-electron chi connectivity index (χ1n) is 8.08. The SMILES string of the molecule is O=C(CCCC(=O)N1CC#CCNCCC1)ON1C(=O)CCC1=O. The predicted octanol–water partition coefficient (Wildman–Crippen LogP) is -0.411. The van der Waals surface area contributed by atoms with Crippen molar-refractivity contribution in [3.05, 3.63) is 0 Å². The molecule has 0 aromatic rings. The van der Waals surface area contributed by atoms with Gasteiger partial charge in [0, 0.05) is 32.2 Å². The lowest BCUT2D eigenvalue weighted by Gasteiger charge is -2.19. The minimum absolute atomic E-state index is 0.0239. The van der Waals surface area contributed by atoms with Crippen molar-refractivity contribution in [3.8, 4) is 11.8 Å². The van der Waals surface area contributed by atoms with Gasteiger partial charge in [-0.1, -0.05) is 11.8 Å². The molecule has 2 heterocycles. The molecule has 0 aliphatic carbocycles. The summed E-state index contributed by atoms with van der Waals surface area (Å²) in [5.41, 5.74) is 0. The number of carbonyl (C=O) groups is 4. The molecule has 1 saturated heterocycles. The number of hydrogen-bond acceptors (Lipinski definition) is 6. The Bertz CT molecular complexity index is 562. The van der Waals surface area contributed by atoms with Gasteiger partial charge in [0.2, 0.25) is 5.91 Å². The molecule has 0 bridgehead atoms. The molecule has 0 saturated carbocycles. The Balaban J connectivity index is 1.70. The van der Waals surface area contributed by atoms with E-state index >= 15 is 0 Å². The lowest BCUT2D eigenvalue weighted by molar-refractivity contribution is -0.197. The molecule has 2 aliphatic heterocycles. The average Bonchev–Trinajstić information content (AvgIpc) is 2.94. The summed E-state index contributed by atoms with van der Waals surface area (Å²) in [7, 11) is 0. The molecule has 2 aliphatic rings. The first-order valence-corrected chi connectivity index (χ1v) is 8.08. The van der Waals surface area contributed by atoms with Gasteiger partial charge in [0.25, 0.3) is 11.8 Å². The minimum Gasteiger partial charge on any atom is -0.332 e. The van der Waals surface area contributed by atoms with Crippen molar-refractivity contribution < 1.29 is 24.0 Å². The van der Waals surface area contributed by atoms with Gasteiger partial charge in [-0.05, 0) is 19.4 Å². The van der Waals surface area contributed by atoms with Crippen LogP contribution in [0.25, 0.3) is 0 Å². The Hall–Kier alpha value is -2.40. The monoisotopic (exact) mass is 335 g/mol. The third-order valence-corrected chi connectivity index (χ3v) is 3.71. The topological polar surface area (TPSA) is 96.0 Å². The molecule has 130 valence electrons. The fourth-order valence-electron chi connectivity index (χ4n) is 2.40. The number of carbonyl (C=O) groups excluding carboxylic acids is 4. The lowest BCUT2D eigenvalue weighted by atomic mass is 10.2. The van der Waals surface area contributed by atoms with Crippen LogP contribution in [0.5, 0.6) is 0 Å². The first kappa shape index (κ1) is 17.9. The van der Waals surface area contributed by atoms with Crippen molar-refractivity contribution in [1.82, 2.24) is 15.3 Å². The van der Waals surface area contributed by atoms with E-state index in [1.54, 1.807) is 4.90 Å². The van der Waals surface area contributed by atoms with Crippen molar-refractivity contribution in [2.75, 3.05) is 26.2 Å². The number of hydrogen-bond donors (Lipinski definition) is 1. The molecule has 0 aromatic heterocycles. The molecule has 0 unspecified atom stereocenters. The van der Waals surface area contributed by atoms with E-state index < -0.39 is 17.8 Å². The van der Waals surface area contributed by atoms with Gasteiger partial charge in [-0.15, -0.1) is 5.06 Å². The normalized spacial score (nSPS) is 18.3. The zero-order valence-corrected chi connectivity index (χ0v) is 13.5. The van der Waals surface area contributed by atoms with Crippen molar-refractivity contribution >= 4 is 23.7 Å². The van der Waals surface area contributed by atoms with Crippen LogP contribution in [0.2, 0.25) is 0 Å². The van der Waals surface area contributed by atoms with Gasteiger partial charge in [-0.25, -0.2) is 4.79 Å². The van der Waals surface area contributed by atoms with Crippen molar-refractivity contribution in [2.24, 2.45) is 0 Å². The van der Waals surface area contributed by atoms with Gasteiger partial charge in [0.05, 0.1) is 13.1 Å². The highest BCUT2D eigenvalue weighted by molar-refractivity contribution is 6.01. The molecule has 0 aromatic carbocycles. The molecule has 0 spiro atoms. The lowest BCUT2D eigenvalue weighted by Crippen LogP contribution is -2.33. The van der Waals surface area contributed by atoms with E-state index in [0.717, 1.165) is 13.0 Å². The Morgan fingerprint density at radius 2 is 1.88 bits per heavy atom. The van der Waals surface area contributed by atoms with Crippen LogP contribution in [0.15, 0.2) is 0 Å². The van der Waals surface area contributed by atoms with Crippen LogP contribution in [0.3, 0.4) is 0 Å². The maximum Gasteiger partial charge on any atom is 0.333 e. The Labute approximate surface area is 140 Å². The van der Waals surface area contributed by atoms with E-state index in [4.69, 9.17) is 4.84 Å². The number of hydroxylamine groups is 2. The highest BCUT2D eigenvalue weighted by atomic mass is 16.7. The third-order valence-electron chi connectivity index (χ3n) is 3.71. The van der Waals surface area contributed by atoms with Crippen molar-refractivity contribution in [2.45, 2.75) is 38.5 Å². The predicted molar refractivity (Wildman–Crippen MR) is 82.9 cm³/mol. The molecule has 1 fully saturated rings. The summed E-state index contributed by atoms with van der Waals surface area (Å²) in [6.45, 7) is 2.45. The molecule has 3 amide bonds. The second kappa shape index (κ2) is 9.03. The molecule has 8 nitrogen and oxygen atoms in total. The van der Waals surface area contributed by atoms with Crippen LogP contribution in [-0.4, -0.2) is 59.8 Å². The van der Waals surface area contributed by atoms with Crippen molar-refractivity contribution in [1.29, 1.82) is 0 Å². The Morgan fingerprint density at radius 3 is 2.62 bits per heavy atom. The summed E-state index contributed by atoms with van der Waals surface area (Å²) in [4.78, 5) is 53.0. The summed E-state index contributed by atoms with van der Waals surface area (Å²) in [6, 6.07) is 0. The van der Waals surface area contributed by atoms with Gasteiger partial charge in [0.1, 0.15) is 0 Å². The number of imide groups is 1. The Kier molecular flexibility index (Phi) is 6.75. The molecular formula is C16H21N3O5. The highest BCUT2D eigenvalue weighted by Gasteiger charge is 2.32. The number of nitrogens with zero attached hydrogens (tertiary/aromatic N) is 2. The number of rotatable bonds is 5. The molecule has 24 heavy (non-hydrogen) atoms. The molecule has 2 rings (SSSR count). The molecule has 1 N–H and O–H groups in total. The summed E-state index contributed by atoms with van der Waals surface area (Å²) < 4.78 is 0. The van der Waals surface area contributed by atoms with Gasteiger partial charge in [-0.2, -0.15) is 0 Å². The Morgan fingerprint density at radius 1 is 1.12 bits per heavy atom. The van der Waals surface area contributed by atoms with E-state index in [9.17, 15) is 19.2 Å². The number of nitrogens with one attached hydrogen (secondary N) is 1. The van der Waals surface area contributed by atoms with Crippen LogP contribution < -0.4 is 5.32 Å². The third kappa shape index (κ3) is 5.35. The van der Waals surface area contributed by atoms with Crippen molar-refractivity contribution in [3.63, 3.8) is 0 Å². The van der Waals surface area contributed by atoms with Gasteiger partial charge in [-0.3, -0.25) is 14.4 Å². The van der Waals surface area contributed by atoms with E-state index in [-0.39, 0.29) is 31.6 Å².